The third-order valence-corrected chi connectivity index (χ3v) is 8.09. The van der Waals surface area contributed by atoms with E-state index in [1.165, 1.54) is 0 Å². The molecule has 0 radical (unpaired) electrons. The fourth-order valence-electron chi connectivity index (χ4n) is 5.64. The van der Waals surface area contributed by atoms with Gasteiger partial charge in [0.1, 0.15) is 18.0 Å². The van der Waals surface area contributed by atoms with Crippen molar-refractivity contribution in [2.75, 3.05) is 10.6 Å². The number of aromatic nitrogens is 5. The minimum absolute atomic E-state index is 0.0470. The van der Waals surface area contributed by atoms with E-state index in [0.717, 1.165) is 41.6 Å². The van der Waals surface area contributed by atoms with E-state index in [1.54, 1.807) is 30.8 Å². The maximum absolute atomic E-state index is 10.1. The predicted octanol–water partition coefficient (Wildman–Crippen LogP) is 7.32. The van der Waals surface area contributed by atoms with Gasteiger partial charge >= 0.3 is 0 Å². The minimum atomic E-state index is -0.439. The first-order valence-electron chi connectivity index (χ1n) is 14.9. The molecule has 10 nitrogen and oxygen atoms in total. The molecule has 45 heavy (non-hydrogen) atoms. The number of hydrogen-bond donors (Lipinski definition) is 2. The second-order valence-electron chi connectivity index (χ2n) is 11.1. The molecule has 2 atom stereocenters. The van der Waals surface area contributed by atoms with Crippen LogP contribution in [0.5, 0.6) is 0 Å². The molecule has 10 heteroatoms. The summed E-state index contributed by atoms with van der Waals surface area (Å²) in [5, 5.41) is 37.1. The van der Waals surface area contributed by atoms with Crippen LogP contribution in [0.2, 0.25) is 0 Å². The van der Waals surface area contributed by atoms with Crippen molar-refractivity contribution >= 4 is 22.3 Å². The van der Waals surface area contributed by atoms with Crippen LogP contribution in [0.1, 0.15) is 72.3 Å². The van der Waals surface area contributed by atoms with Crippen LogP contribution in [0.15, 0.2) is 96.0 Å². The summed E-state index contributed by atoms with van der Waals surface area (Å²) in [7, 11) is 0. The highest BCUT2D eigenvalue weighted by atomic mass is 16.3. The Kier molecular flexibility index (Phi) is 7.38. The first-order valence-corrected chi connectivity index (χ1v) is 14.9. The molecule has 0 unspecified atom stereocenters. The Morgan fingerprint density at radius 1 is 0.978 bits per heavy atom. The van der Waals surface area contributed by atoms with E-state index >= 15 is 0 Å². The monoisotopic (exact) mass is 591 g/mol. The smallest absolute Gasteiger partial charge is 0.225 e. The molecular weight excluding hydrogens is 562 g/mol. The molecule has 6 aromatic rings. The van der Waals surface area contributed by atoms with Gasteiger partial charge in [0.2, 0.25) is 5.89 Å². The lowest BCUT2D eigenvalue weighted by molar-refractivity contribution is 0.574. The van der Waals surface area contributed by atoms with Gasteiger partial charge in [-0.05, 0) is 54.7 Å². The second-order valence-corrected chi connectivity index (χ2v) is 11.1. The number of nitrogens with zero attached hydrogens (tertiary/aromatic N) is 7. The van der Waals surface area contributed by atoms with Crippen molar-refractivity contribution in [3.63, 3.8) is 0 Å². The fourth-order valence-corrected chi connectivity index (χ4v) is 5.64. The fraction of sp³-hybridized carbons (Fsp3) is 0.200. The molecule has 220 valence electrons. The second kappa shape index (κ2) is 11.9. The highest BCUT2D eigenvalue weighted by molar-refractivity contribution is 6.01. The van der Waals surface area contributed by atoms with Crippen LogP contribution in [-0.2, 0) is 0 Å². The molecule has 1 aliphatic rings. The van der Waals surface area contributed by atoms with Crippen LogP contribution in [0, 0.1) is 22.7 Å². The number of fused-ring (bicyclic) bond motifs is 1. The molecule has 1 saturated carbocycles. The van der Waals surface area contributed by atoms with Crippen molar-refractivity contribution < 1.29 is 4.42 Å². The normalized spacial score (nSPS) is 13.9. The standard InChI is InChI=1S/C35H29N9O/c1-2-29(23-7-4-3-5-8-23)40-32-26(19-37)20-39-34-28(32)15-22(18-36)16-30(34)41-33(31-21-44(43-42-31)27-11-12-27)24-9-6-10-25(17-24)35-38-13-14-45-35/h3-10,13-17,20-21,27,29,33,41H,2,11-12H2,1H3,(H,39,40)/t29-,33+/m1/s1. The maximum Gasteiger partial charge on any atom is 0.225 e. The van der Waals surface area contributed by atoms with Gasteiger partial charge in [0, 0.05) is 17.1 Å². The zero-order valence-electron chi connectivity index (χ0n) is 24.6. The molecule has 0 amide bonds. The van der Waals surface area contributed by atoms with Gasteiger partial charge in [0.15, 0.2) is 0 Å². The highest BCUT2D eigenvalue weighted by Crippen LogP contribution is 2.38. The first kappa shape index (κ1) is 27.8. The first-order chi connectivity index (χ1) is 22.1. The van der Waals surface area contributed by atoms with E-state index in [4.69, 9.17) is 9.40 Å². The van der Waals surface area contributed by atoms with Gasteiger partial charge in [-0.3, -0.25) is 4.98 Å². The predicted molar refractivity (Wildman–Crippen MR) is 170 cm³/mol. The van der Waals surface area contributed by atoms with E-state index in [-0.39, 0.29) is 6.04 Å². The summed E-state index contributed by atoms with van der Waals surface area (Å²) in [5.41, 5.74) is 6.30. The molecule has 3 aromatic carbocycles. The van der Waals surface area contributed by atoms with Crippen molar-refractivity contribution in [2.24, 2.45) is 0 Å². The Morgan fingerprint density at radius 3 is 2.56 bits per heavy atom. The van der Waals surface area contributed by atoms with Gasteiger partial charge in [0.05, 0.1) is 64.6 Å². The lowest BCUT2D eigenvalue weighted by Gasteiger charge is -2.23. The number of hydrogen-bond acceptors (Lipinski definition) is 9. The van der Waals surface area contributed by atoms with Crippen LogP contribution in [0.4, 0.5) is 11.4 Å². The van der Waals surface area contributed by atoms with Gasteiger partial charge in [-0.25, -0.2) is 9.67 Å². The number of oxazole rings is 1. The number of benzene rings is 3. The lowest BCUT2D eigenvalue weighted by atomic mass is 9.99. The molecule has 3 heterocycles. The quantitative estimate of drug-likeness (QED) is 0.167. The molecule has 3 aromatic heterocycles. The molecule has 7 rings (SSSR count). The van der Waals surface area contributed by atoms with Crippen LogP contribution >= 0.6 is 0 Å². The molecule has 0 saturated heterocycles. The van der Waals surface area contributed by atoms with Gasteiger partial charge in [0.25, 0.3) is 0 Å². The molecule has 0 aliphatic heterocycles. The summed E-state index contributed by atoms with van der Waals surface area (Å²) < 4.78 is 7.49. The number of nitrogens with one attached hydrogen (secondary N) is 2. The third-order valence-electron chi connectivity index (χ3n) is 8.09. The van der Waals surface area contributed by atoms with Crippen molar-refractivity contribution in [1.82, 2.24) is 25.0 Å². The molecule has 1 fully saturated rings. The summed E-state index contributed by atoms with van der Waals surface area (Å²) in [4.78, 5) is 9.06. The molecular formula is C35H29N9O. The molecule has 1 aliphatic carbocycles. The SMILES string of the molecule is CC[C@@H](Nc1c(C#N)cnc2c(N[C@@H](c3cccc(-c4ncco4)c3)c3cn(C4CC4)nn3)cc(C#N)cc12)c1ccccc1. The van der Waals surface area contributed by atoms with Gasteiger partial charge in [-0.1, -0.05) is 54.6 Å². The highest BCUT2D eigenvalue weighted by Gasteiger charge is 2.28. The van der Waals surface area contributed by atoms with E-state index < -0.39 is 6.04 Å². The maximum atomic E-state index is 10.1. The number of anilines is 2. The zero-order valence-corrected chi connectivity index (χ0v) is 24.6. The van der Waals surface area contributed by atoms with Crippen LogP contribution in [0.3, 0.4) is 0 Å². The van der Waals surface area contributed by atoms with Crippen molar-refractivity contribution in [3.05, 3.63) is 120 Å². The summed E-state index contributed by atoms with van der Waals surface area (Å²) >= 11 is 0. The minimum Gasteiger partial charge on any atom is -0.445 e. The van der Waals surface area contributed by atoms with Crippen molar-refractivity contribution in [2.45, 2.75) is 44.3 Å². The van der Waals surface area contributed by atoms with Crippen molar-refractivity contribution in [3.8, 4) is 23.6 Å². The summed E-state index contributed by atoms with van der Waals surface area (Å²) in [6.45, 7) is 2.10. The lowest BCUT2D eigenvalue weighted by Crippen LogP contribution is -2.15. The number of pyridine rings is 1. The Morgan fingerprint density at radius 2 is 1.82 bits per heavy atom. The topological polar surface area (TPSA) is 141 Å². The van der Waals surface area contributed by atoms with Crippen molar-refractivity contribution in [1.29, 1.82) is 10.5 Å². The van der Waals surface area contributed by atoms with Crippen LogP contribution in [-0.4, -0.2) is 25.0 Å². The third kappa shape index (κ3) is 5.57. The van der Waals surface area contributed by atoms with Crippen LogP contribution < -0.4 is 10.6 Å². The van der Waals surface area contributed by atoms with E-state index in [2.05, 4.69) is 57.1 Å². The van der Waals surface area contributed by atoms with Gasteiger partial charge in [-0.15, -0.1) is 5.10 Å². The van der Waals surface area contributed by atoms with E-state index in [9.17, 15) is 10.5 Å². The average molecular weight is 592 g/mol. The Bertz CT molecular complexity index is 2050. The largest absolute Gasteiger partial charge is 0.445 e. The summed E-state index contributed by atoms with van der Waals surface area (Å²) in [6.07, 6.45) is 9.68. The Hall–Kier alpha value is -6.00. The zero-order chi connectivity index (χ0) is 30.8. The Labute approximate surface area is 260 Å². The molecule has 2 N–H and O–H groups in total. The summed E-state index contributed by atoms with van der Waals surface area (Å²) in [6, 6.07) is 26.1. The number of nitriles is 2. The molecule has 0 bridgehead atoms. The van der Waals surface area contributed by atoms with E-state index in [1.807, 2.05) is 53.3 Å². The summed E-state index contributed by atoms with van der Waals surface area (Å²) in [5.74, 6) is 0.513. The van der Waals surface area contributed by atoms with Gasteiger partial charge < -0.3 is 15.1 Å². The van der Waals surface area contributed by atoms with E-state index in [0.29, 0.717) is 45.3 Å². The number of rotatable bonds is 10. The molecule has 0 spiro atoms. The van der Waals surface area contributed by atoms with Crippen LogP contribution in [0.25, 0.3) is 22.4 Å². The Balaban J connectivity index is 1.35. The van der Waals surface area contributed by atoms with Gasteiger partial charge in [-0.2, -0.15) is 10.5 Å². The average Bonchev–Trinajstić information content (AvgIpc) is 3.56.